The second-order valence-electron chi connectivity index (χ2n) is 20.1. The van der Waals surface area contributed by atoms with Crippen molar-refractivity contribution in [3.8, 4) is 0 Å². The van der Waals surface area contributed by atoms with E-state index in [0.717, 1.165) is 22.7 Å². The van der Waals surface area contributed by atoms with Crippen LogP contribution in [-0.2, 0) is 21.7 Å². The molecule has 0 aliphatic carbocycles. The topological polar surface area (TPSA) is 6.48 Å². The fraction of sp³-hybridized carbons (Fsp3) is 0.296. The standard InChI is InChI=1S/C54H58N2S2/c1-51(2,3)35-13-21-39(22-14-35)55(40-23-15-36(16-24-40)52(4,5)6)43-29-31-45-47(33-43)57-50-46-32-30-44(34-48(46)58-49(45)50)56(41-25-17-37(18-26-41)53(7,8)9)42-27-19-38(20-28-42)54(10,11)12/h13-34H,1-12H3. The van der Waals surface area contributed by atoms with E-state index in [1.165, 1.54) is 63.2 Å². The van der Waals surface area contributed by atoms with Crippen molar-refractivity contribution in [2.75, 3.05) is 9.80 Å². The summed E-state index contributed by atoms with van der Waals surface area (Å²) >= 11 is 3.83. The highest BCUT2D eigenvalue weighted by Gasteiger charge is 2.23. The Labute approximate surface area is 354 Å². The molecule has 0 saturated carbocycles. The second-order valence-corrected chi connectivity index (χ2v) is 22.2. The van der Waals surface area contributed by atoms with E-state index in [4.69, 9.17) is 0 Å². The maximum atomic E-state index is 2.41. The van der Waals surface area contributed by atoms with Crippen LogP contribution in [-0.4, -0.2) is 0 Å². The normalized spacial score (nSPS) is 12.8. The highest BCUT2D eigenvalue weighted by atomic mass is 32.1. The number of rotatable bonds is 6. The number of hydrogen-bond donors (Lipinski definition) is 0. The number of nitrogens with zero attached hydrogens (tertiary/aromatic N) is 2. The Morgan fingerprint density at radius 3 is 0.741 bits per heavy atom. The molecule has 296 valence electrons. The Balaban J connectivity index is 1.20. The molecule has 0 aliphatic rings. The molecular formula is C54H58N2S2. The molecule has 0 fully saturated rings. The molecule has 58 heavy (non-hydrogen) atoms. The summed E-state index contributed by atoms with van der Waals surface area (Å²) in [4.78, 5) is 4.82. The minimum absolute atomic E-state index is 0.0938. The number of anilines is 6. The van der Waals surface area contributed by atoms with Gasteiger partial charge in [-0.1, -0.05) is 144 Å². The molecule has 0 atom stereocenters. The number of thiophene rings is 2. The van der Waals surface area contributed by atoms with Crippen molar-refractivity contribution < 1.29 is 0 Å². The molecule has 0 amide bonds. The smallest absolute Gasteiger partial charge is 0.0542 e. The van der Waals surface area contributed by atoms with Crippen LogP contribution in [0.25, 0.3) is 29.6 Å². The zero-order chi connectivity index (χ0) is 41.4. The molecule has 2 heterocycles. The molecule has 0 aliphatic heterocycles. The van der Waals surface area contributed by atoms with Gasteiger partial charge in [-0.3, -0.25) is 0 Å². The highest BCUT2D eigenvalue weighted by Crippen LogP contribution is 2.48. The Hall–Kier alpha value is -4.90. The monoisotopic (exact) mass is 798 g/mol. The zero-order valence-electron chi connectivity index (χ0n) is 36.4. The summed E-state index contributed by atoms with van der Waals surface area (Å²) in [5.41, 5.74) is 12.7. The van der Waals surface area contributed by atoms with Gasteiger partial charge in [-0.25, -0.2) is 0 Å². The van der Waals surface area contributed by atoms with E-state index in [1.54, 1.807) is 0 Å². The first-order chi connectivity index (χ1) is 27.3. The average molecular weight is 799 g/mol. The molecule has 0 bridgehead atoms. The van der Waals surface area contributed by atoms with Crippen LogP contribution in [0.4, 0.5) is 34.1 Å². The average Bonchev–Trinajstić information content (AvgIpc) is 3.70. The minimum atomic E-state index is 0.0938. The first-order valence-corrected chi connectivity index (χ1v) is 22.3. The van der Waals surface area contributed by atoms with E-state index < -0.39 is 0 Å². The molecule has 2 aromatic heterocycles. The van der Waals surface area contributed by atoms with Gasteiger partial charge < -0.3 is 9.80 Å². The van der Waals surface area contributed by atoms with E-state index >= 15 is 0 Å². The van der Waals surface area contributed by atoms with Gasteiger partial charge in [-0.15, -0.1) is 22.7 Å². The van der Waals surface area contributed by atoms with Gasteiger partial charge >= 0.3 is 0 Å². The van der Waals surface area contributed by atoms with Crippen molar-refractivity contribution in [2.45, 2.75) is 105 Å². The maximum absolute atomic E-state index is 2.41. The van der Waals surface area contributed by atoms with Crippen molar-refractivity contribution in [1.82, 2.24) is 0 Å². The third kappa shape index (κ3) is 7.70. The molecule has 0 N–H and O–H groups in total. The van der Waals surface area contributed by atoms with Gasteiger partial charge in [0.05, 0.1) is 9.40 Å². The second kappa shape index (κ2) is 14.4. The molecule has 0 spiro atoms. The lowest BCUT2D eigenvalue weighted by atomic mass is 9.86. The Morgan fingerprint density at radius 1 is 0.293 bits per heavy atom. The van der Waals surface area contributed by atoms with Crippen LogP contribution in [0.2, 0.25) is 0 Å². The summed E-state index contributed by atoms with van der Waals surface area (Å²) in [6, 6.07) is 50.6. The number of fused-ring (bicyclic) bond motifs is 5. The van der Waals surface area contributed by atoms with Crippen molar-refractivity contribution in [3.63, 3.8) is 0 Å². The first-order valence-electron chi connectivity index (χ1n) is 20.7. The molecule has 6 aromatic carbocycles. The molecule has 2 nitrogen and oxygen atoms in total. The summed E-state index contributed by atoms with van der Waals surface area (Å²) in [5, 5.41) is 2.65. The Bertz CT molecular complexity index is 2410. The zero-order valence-corrected chi connectivity index (χ0v) is 38.0. The lowest BCUT2D eigenvalue weighted by Crippen LogP contribution is -2.14. The van der Waals surface area contributed by atoms with Crippen molar-refractivity contribution in [1.29, 1.82) is 0 Å². The van der Waals surface area contributed by atoms with Crippen molar-refractivity contribution >= 4 is 86.4 Å². The number of benzene rings is 6. The van der Waals surface area contributed by atoms with E-state index in [9.17, 15) is 0 Å². The molecule has 0 radical (unpaired) electrons. The van der Waals surface area contributed by atoms with E-state index in [0.29, 0.717) is 0 Å². The van der Waals surface area contributed by atoms with Gasteiger partial charge in [0.2, 0.25) is 0 Å². The van der Waals surface area contributed by atoms with Crippen LogP contribution in [0.1, 0.15) is 105 Å². The maximum Gasteiger partial charge on any atom is 0.0542 e. The van der Waals surface area contributed by atoms with E-state index in [-0.39, 0.29) is 21.7 Å². The van der Waals surface area contributed by atoms with Gasteiger partial charge in [0.1, 0.15) is 0 Å². The summed E-state index contributed by atoms with van der Waals surface area (Å²) in [5.74, 6) is 0. The quantitative estimate of drug-likeness (QED) is 0.165. The van der Waals surface area contributed by atoms with Crippen LogP contribution in [0.3, 0.4) is 0 Å². The lowest BCUT2D eigenvalue weighted by molar-refractivity contribution is 0.590. The summed E-state index contributed by atoms with van der Waals surface area (Å²) < 4.78 is 5.36. The Kier molecular flexibility index (Phi) is 9.93. The van der Waals surface area contributed by atoms with Crippen molar-refractivity contribution in [2.24, 2.45) is 0 Å². The largest absolute Gasteiger partial charge is 0.310 e. The van der Waals surface area contributed by atoms with Crippen molar-refractivity contribution in [3.05, 3.63) is 156 Å². The summed E-state index contributed by atoms with van der Waals surface area (Å²) in [7, 11) is 0. The highest BCUT2D eigenvalue weighted by molar-refractivity contribution is 7.36. The third-order valence-corrected chi connectivity index (χ3v) is 14.0. The van der Waals surface area contributed by atoms with Crippen LogP contribution in [0, 0.1) is 0 Å². The van der Waals surface area contributed by atoms with E-state index in [1.807, 2.05) is 22.7 Å². The van der Waals surface area contributed by atoms with Gasteiger partial charge in [0.25, 0.3) is 0 Å². The molecule has 0 saturated heterocycles. The molecule has 8 aromatic rings. The summed E-state index contributed by atoms with van der Waals surface area (Å²) in [6.07, 6.45) is 0. The first kappa shape index (κ1) is 39.9. The predicted molar refractivity (Wildman–Crippen MR) is 259 cm³/mol. The predicted octanol–water partition coefficient (Wildman–Crippen LogP) is 17.4. The molecular weight excluding hydrogens is 741 g/mol. The van der Waals surface area contributed by atoms with Gasteiger partial charge in [0.15, 0.2) is 0 Å². The van der Waals surface area contributed by atoms with Crippen LogP contribution in [0.5, 0.6) is 0 Å². The Morgan fingerprint density at radius 2 is 0.517 bits per heavy atom. The fourth-order valence-electron chi connectivity index (χ4n) is 7.85. The lowest BCUT2D eigenvalue weighted by Gasteiger charge is -2.28. The van der Waals surface area contributed by atoms with Crippen LogP contribution < -0.4 is 9.80 Å². The van der Waals surface area contributed by atoms with E-state index in [2.05, 4.69) is 226 Å². The summed E-state index contributed by atoms with van der Waals surface area (Å²) in [6.45, 7) is 27.3. The number of hydrogen-bond acceptors (Lipinski definition) is 4. The van der Waals surface area contributed by atoms with Crippen LogP contribution >= 0.6 is 22.7 Å². The minimum Gasteiger partial charge on any atom is -0.310 e. The van der Waals surface area contributed by atoms with Gasteiger partial charge in [-0.05, 0) is 117 Å². The molecule has 0 unspecified atom stereocenters. The van der Waals surface area contributed by atoms with Gasteiger partial charge in [0, 0.05) is 54.3 Å². The fourth-order valence-corrected chi connectivity index (χ4v) is 10.6. The SMILES string of the molecule is CC(C)(C)c1ccc(N(c2ccc(C(C)(C)C)cc2)c2ccc3c(c2)sc2c4ccc(N(c5ccc(C(C)(C)C)cc5)c5ccc(C(C)(C)C)cc5)cc4sc32)cc1. The third-order valence-electron chi connectivity index (χ3n) is 11.5. The molecule has 4 heteroatoms. The molecule has 8 rings (SSSR count). The van der Waals surface area contributed by atoms with Crippen LogP contribution in [0.15, 0.2) is 133 Å². The van der Waals surface area contributed by atoms with Gasteiger partial charge in [-0.2, -0.15) is 0 Å².